The molecule has 1 amide bonds. The zero-order valence-corrected chi connectivity index (χ0v) is 16.8. The van der Waals surface area contributed by atoms with Crippen molar-refractivity contribution in [1.29, 1.82) is 0 Å². The van der Waals surface area contributed by atoms with Crippen molar-refractivity contribution >= 4 is 40.9 Å². The van der Waals surface area contributed by atoms with E-state index in [1.165, 1.54) is 11.8 Å². The molecule has 0 aliphatic carbocycles. The fourth-order valence-corrected chi connectivity index (χ4v) is 3.61. The number of esters is 1. The summed E-state index contributed by atoms with van der Waals surface area (Å²) >= 11 is 7.34. The molecule has 0 bridgehead atoms. The molecule has 1 unspecified atom stereocenters. The summed E-state index contributed by atoms with van der Waals surface area (Å²) in [7, 11) is 0. The van der Waals surface area contributed by atoms with Gasteiger partial charge in [-0.2, -0.15) is 0 Å². The highest BCUT2D eigenvalue weighted by atomic mass is 35.5. The van der Waals surface area contributed by atoms with Gasteiger partial charge in [-0.05, 0) is 51.0 Å². The second kappa shape index (κ2) is 9.10. The molecule has 4 nitrogen and oxygen atoms in total. The maximum absolute atomic E-state index is 12.3. The zero-order valence-electron chi connectivity index (χ0n) is 15.3. The van der Waals surface area contributed by atoms with Crippen LogP contribution in [0.2, 0.25) is 5.02 Å². The van der Waals surface area contributed by atoms with E-state index in [9.17, 15) is 9.59 Å². The second-order valence-electron chi connectivity index (χ2n) is 6.11. The van der Waals surface area contributed by atoms with Gasteiger partial charge in [-0.15, -0.1) is 11.8 Å². The summed E-state index contributed by atoms with van der Waals surface area (Å²) in [5.74, 6) is -0.727. The molecular formula is C20H22ClNO3S. The van der Waals surface area contributed by atoms with Crippen molar-refractivity contribution in [3.8, 4) is 0 Å². The Morgan fingerprint density at radius 1 is 1.15 bits per heavy atom. The molecule has 0 aromatic heterocycles. The Labute approximate surface area is 163 Å². The van der Waals surface area contributed by atoms with Crippen LogP contribution in [0.3, 0.4) is 0 Å². The lowest BCUT2D eigenvalue weighted by Crippen LogP contribution is -2.31. The first-order valence-electron chi connectivity index (χ1n) is 8.23. The van der Waals surface area contributed by atoms with Gasteiger partial charge in [0.05, 0.1) is 10.8 Å². The molecule has 0 fully saturated rings. The maximum Gasteiger partial charge on any atom is 0.317 e. The van der Waals surface area contributed by atoms with E-state index in [1.54, 1.807) is 13.0 Å². The molecular weight excluding hydrogens is 370 g/mol. The SMILES string of the molecule is Cc1cc(C)c(NC(=O)C(C)OC(=O)CSc2ccccc2Cl)c(C)c1. The summed E-state index contributed by atoms with van der Waals surface area (Å²) in [4.78, 5) is 25.2. The van der Waals surface area contributed by atoms with Gasteiger partial charge in [-0.25, -0.2) is 0 Å². The highest BCUT2D eigenvalue weighted by Gasteiger charge is 2.19. The normalized spacial score (nSPS) is 11.7. The topological polar surface area (TPSA) is 55.4 Å². The number of halogens is 1. The van der Waals surface area contributed by atoms with Gasteiger partial charge in [-0.1, -0.05) is 41.4 Å². The molecule has 2 aromatic carbocycles. The molecule has 6 heteroatoms. The second-order valence-corrected chi connectivity index (χ2v) is 7.54. The summed E-state index contributed by atoms with van der Waals surface area (Å²) in [5.41, 5.74) is 3.84. The van der Waals surface area contributed by atoms with Crippen LogP contribution in [0.25, 0.3) is 0 Å². The van der Waals surface area contributed by atoms with Crippen LogP contribution in [0.5, 0.6) is 0 Å². The maximum atomic E-state index is 12.3. The summed E-state index contributed by atoms with van der Waals surface area (Å²) in [6.45, 7) is 7.44. The van der Waals surface area contributed by atoms with Gasteiger partial charge in [0.15, 0.2) is 6.10 Å². The standard InChI is InChI=1S/C20H22ClNO3S/c1-12-9-13(2)19(14(3)10-12)22-20(24)15(4)25-18(23)11-26-17-8-6-5-7-16(17)21/h5-10,15H,11H2,1-4H3,(H,22,24). The van der Waals surface area contributed by atoms with Gasteiger partial charge in [0.25, 0.3) is 5.91 Å². The molecule has 1 atom stereocenters. The highest BCUT2D eigenvalue weighted by molar-refractivity contribution is 8.00. The number of hydrogen-bond acceptors (Lipinski definition) is 4. The van der Waals surface area contributed by atoms with Crippen molar-refractivity contribution < 1.29 is 14.3 Å². The van der Waals surface area contributed by atoms with Gasteiger partial charge in [0, 0.05) is 10.6 Å². The van der Waals surface area contributed by atoms with E-state index >= 15 is 0 Å². The fraction of sp³-hybridized carbons (Fsp3) is 0.300. The summed E-state index contributed by atoms with van der Waals surface area (Å²) < 4.78 is 5.23. The number of benzene rings is 2. The van der Waals surface area contributed by atoms with Crippen LogP contribution in [0.1, 0.15) is 23.6 Å². The molecule has 138 valence electrons. The third-order valence-corrected chi connectivity index (χ3v) is 5.27. The molecule has 0 saturated heterocycles. The van der Waals surface area contributed by atoms with Crippen LogP contribution in [0.15, 0.2) is 41.3 Å². The van der Waals surface area contributed by atoms with Crippen LogP contribution in [-0.4, -0.2) is 23.7 Å². The minimum absolute atomic E-state index is 0.0872. The molecule has 0 heterocycles. The van der Waals surface area contributed by atoms with E-state index in [1.807, 2.05) is 51.1 Å². The van der Waals surface area contributed by atoms with E-state index in [0.29, 0.717) is 5.02 Å². The predicted octanol–water partition coefficient (Wildman–Crippen LogP) is 4.93. The molecule has 1 N–H and O–H groups in total. The van der Waals surface area contributed by atoms with Crippen LogP contribution in [0.4, 0.5) is 5.69 Å². The van der Waals surface area contributed by atoms with Crippen LogP contribution < -0.4 is 5.32 Å². The molecule has 26 heavy (non-hydrogen) atoms. The Kier molecular flexibility index (Phi) is 7.12. The number of anilines is 1. The van der Waals surface area contributed by atoms with Crippen molar-refractivity contribution in [2.75, 3.05) is 11.1 Å². The van der Waals surface area contributed by atoms with Gasteiger partial charge in [0.1, 0.15) is 0 Å². The van der Waals surface area contributed by atoms with Crippen molar-refractivity contribution in [2.45, 2.75) is 38.7 Å². The number of ether oxygens (including phenoxy) is 1. The monoisotopic (exact) mass is 391 g/mol. The van der Waals surface area contributed by atoms with Crippen molar-refractivity contribution in [2.24, 2.45) is 0 Å². The Bertz CT molecular complexity index is 799. The third kappa shape index (κ3) is 5.51. The molecule has 0 spiro atoms. The fourth-order valence-electron chi connectivity index (χ4n) is 2.59. The van der Waals surface area contributed by atoms with Gasteiger partial charge < -0.3 is 10.1 Å². The number of carbonyl (C=O) groups is 2. The average Bonchev–Trinajstić information content (AvgIpc) is 2.57. The van der Waals surface area contributed by atoms with Crippen LogP contribution in [-0.2, 0) is 14.3 Å². The highest BCUT2D eigenvalue weighted by Crippen LogP contribution is 2.26. The Morgan fingerprint density at radius 2 is 1.77 bits per heavy atom. The van der Waals surface area contributed by atoms with E-state index in [2.05, 4.69) is 5.32 Å². The zero-order chi connectivity index (χ0) is 19.3. The average molecular weight is 392 g/mol. The Morgan fingerprint density at radius 3 is 2.38 bits per heavy atom. The number of aryl methyl sites for hydroxylation is 3. The van der Waals surface area contributed by atoms with Gasteiger partial charge in [-0.3, -0.25) is 9.59 Å². The molecule has 2 rings (SSSR count). The first kappa shape index (κ1) is 20.3. The predicted molar refractivity (Wildman–Crippen MR) is 107 cm³/mol. The van der Waals surface area contributed by atoms with Crippen molar-refractivity contribution in [1.82, 2.24) is 0 Å². The van der Waals surface area contributed by atoms with Gasteiger partial charge in [0.2, 0.25) is 0 Å². The van der Waals surface area contributed by atoms with Crippen molar-refractivity contribution in [3.63, 3.8) is 0 Å². The smallest absolute Gasteiger partial charge is 0.317 e. The molecule has 0 aliphatic rings. The number of nitrogens with one attached hydrogen (secondary N) is 1. The van der Waals surface area contributed by atoms with E-state index in [0.717, 1.165) is 27.3 Å². The minimum Gasteiger partial charge on any atom is -0.452 e. The number of amides is 1. The lowest BCUT2D eigenvalue weighted by Gasteiger charge is -2.17. The number of rotatable bonds is 6. The minimum atomic E-state index is -0.880. The lowest BCUT2D eigenvalue weighted by atomic mass is 10.0. The number of thioether (sulfide) groups is 1. The Balaban J connectivity index is 1.90. The third-order valence-electron chi connectivity index (χ3n) is 3.78. The largest absolute Gasteiger partial charge is 0.452 e. The Hall–Kier alpha value is -1.98. The van der Waals surface area contributed by atoms with E-state index < -0.39 is 12.1 Å². The lowest BCUT2D eigenvalue weighted by molar-refractivity contribution is -0.150. The molecule has 0 radical (unpaired) electrons. The quantitative estimate of drug-likeness (QED) is 0.560. The summed E-state index contributed by atoms with van der Waals surface area (Å²) in [6, 6.07) is 11.3. The van der Waals surface area contributed by atoms with Crippen molar-refractivity contribution in [3.05, 3.63) is 58.1 Å². The number of hydrogen-bond donors (Lipinski definition) is 1. The van der Waals surface area contributed by atoms with Crippen LogP contribution in [0, 0.1) is 20.8 Å². The molecule has 0 saturated carbocycles. The van der Waals surface area contributed by atoms with E-state index in [4.69, 9.17) is 16.3 Å². The van der Waals surface area contributed by atoms with Crippen LogP contribution >= 0.6 is 23.4 Å². The molecule has 0 aliphatic heterocycles. The molecule has 2 aromatic rings. The first-order chi connectivity index (χ1) is 12.3. The number of carbonyl (C=O) groups excluding carboxylic acids is 2. The van der Waals surface area contributed by atoms with Gasteiger partial charge >= 0.3 is 5.97 Å². The van der Waals surface area contributed by atoms with E-state index in [-0.39, 0.29) is 11.7 Å². The summed E-state index contributed by atoms with van der Waals surface area (Å²) in [5, 5.41) is 3.43. The first-order valence-corrected chi connectivity index (χ1v) is 9.60. The summed E-state index contributed by atoms with van der Waals surface area (Å²) in [6.07, 6.45) is -0.880.